The van der Waals surface area contributed by atoms with Gasteiger partial charge in [-0.05, 0) is 52.3 Å². The number of fused-ring (bicyclic) bond motifs is 1. The Labute approximate surface area is 183 Å². The predicted octanol–water partition coefficient (Wildman–Crippen LogP) is 5.86. The second-order valence-electron chi connectivity index (χ2n) is 6.17. The summed E-state index contributed by atoms with van der Waals surface area (Å²) >= 11 is 4.99. The fraction of sp³-hybridized carbons (Fsp3) is 0.0476. The first kappa shape index (κ1) is 20.0. The minimum Gasteiger partial charge on any atom is -0.493 e. The summed E-state index contributed by atoms with van der Waals surface area (Å²) in [4.78, 5) is 27.4. The average molecular weight is 485 g/mol. The lowest BCUT2D eigenvalue weighted by Crippen LogP contribution is -2.10. The zero-order valence-electron chi connectivity index (χ0n) is 15.5. The molecule has 0 aliphatic rings. The van der Waals surface area contributed by atoms with Crippen LogP contribution < -0.4 is 9.47 Å². The van der Waals surface area contributed by atoms with Gasteiger partial charge in [-0.1, -0.05) is 12.1 Å². The van der Waals surface area contributed by atoms with E-state index in [-0.39, 0.29) is 17.0 Å². The first-order valence-electron chi connectivity index (χ1n) is 8.66. The zero-order valence-corrected chi connectivity index (χ0v) is 17.9. The second kappa shape index (κ2) is 8.21. The Kier molecular flexibility index (Phi) is 5.47. The number of nitro groups is 1. The van der Waals surface area contributed by atoms with Crippen LogP contribution in [-0.4, -0.2) is 23.0 Å². The van der Waals surface area contributed by atoms with Crippen molar-refractivity contribution >= 4 is 49.1 Å². The van der Waals surface area contributed by atoms with Crippen molar-refractivity contribution in [2.24, 2.45) is 0 Å². The molecule has 4 rings (SSSR count). The Morgan fingerprint density at radius 2 is 1.87 bits per heavy atom. The maximum Gasteiger partial charge on any atom is 0.343 e. The van der Waals surface area contributed by atoms with E-state index in [2.05, 4.69) is 20.9 Å². The summed E-state index contributed by atoms with van der Waals surface area (Å²) in [6.45, 7) is 0. The number of benzene rings is 3. The molecule has 1 aromatic heterocycles. The van der Waals surface area contributed by atoms with Crippen LogP contribution in [0.2, 0.25) is 0 Å². The number of para-hydroxylation sites is 1. The number of carbonyl (C=O) groups excluding carboxylic acids is 1. The molecule has 0 aliphatic carbocycles. The molecule has 30 heavy (non-hydrogen) atoms. The molecule has 0 bridgehead atoms. The molecule has 4 aromatic rings. The summed E-state index contributed by atoms with van der Waals surface area (Å²) in [5.74, 6) is -0.0868. The van der Waals surface area contributed by atoms with Crippen molar-refractivity contribution in [2.75, 3.05) is 7.11 Å². The van der Waals surface area contributed by atoms with Gasteiger partial charge >= 0.3 is 5.97 Å². The van der Waals surface area contributed by atoms with Crippen LogP contribution in [0.15, 0.2) is 65.1 Å². The molecule has 1 heterocycles. The van der Waals surface area contributed by atoms with E-state index in [1.807, 2.05) is 24.3 Å². The Morgan fingerprint density at radius 1 is 1.13 bits per heavy atom. The van der Waals surface area contributed by atoms with Gasteiger partial charge in [-0.3, -0.25) is 10.1 Å². The van der Waals surface area contributed by atoms with Gasteiger partial charge in [0, 0.05) is 17.7 Å². The lowest BCUT2D eigenvalue weighted by Gasteiger charge is -2.12. The number of rotatable bonds is 5. The molecular formula is C21H13BrN2O5S. The lowest BCUT2D eigenvalue weighted by molar-refractivity contribution is -0.384. The Bertz CT molecular complexity index is 1240. The number of nitro benzene ring substituents is 1. The molecule has 0 saturated carbocycles. The molecule has 0 amide bonds. The van der Waals surface area contributed by atoms with Crippen molar-refractivity contribution in [1.29, 1.82) is 0 Å². The van der Waals surface area contributed by atoms with E-state index in [9.17, 15) is 14.9 Å². The van der Waals surface area contributed by atoms with Gasteiger partial charge in [-0.25, -0.2) is 9.78 Å². The number of hydrogen-bond donors (Lipinski definition) is 0. The summed E-state index contributed by atoms with van der Waals surface area (Å²) < 4.78 is 12.5. The number of aromatic nitrogens is 1. The number of ether oxygens (including phenoxy) is 2. The Balaban J connectivity index is 1.65. The highest BCUT2D eigenvalue weighted by molar-refractivity contribution is 9.10. The number of halogens is 1. The normalized spacial score (nSPS) is 10.7. The van der Waals surface area contributed by atoms with E-state index in [0.717, 1.165) is 20.8 Å². The number of thiazole rings is 1. The van der Waals surface area contributed by atoms with Crippen molar-refractivity contribution in [2.45, 2.75) is 0 Å². The third-order valence-electron chi connectivity index (χ3n) is 4.28. The summed E-state index contributed by atoms with van der Waals surface area (Å²) in [5.41, 5.74) is 1.80. The van der Waals surface area contributed by atoms with E-state index in [0.29, 0.717) is 10.2 Å². The monoisotopic (exact) mass is 484 g/mol. The molecule has 0 atom stereocenters. The van der Waals surface area contributed by atoms with Crippen molar-refractivity contribution in [3.63, 3.8) is 0 Å². The maximum atomic E-state index is 12.5. The highest BCUT2D eigenvalue weighted by Crippen LogP contribution is 2.41. The van der Waals surface area contributed by atoms with Crippen LogP contribution in [0, 0.1) is 10.1 Å². The summed E-state index contributed by atoms with van der Waals surface area (Å²) in [5, 5.41) is 11.6. The third-order valence-corrected chi connectivity index (χ3v) is 5.95. The molecule has 150 valence electrons. The first-order chi connectivity index (χ1) is 14.5. The van der Waals surface area contributed by atoms with E-state index in [1.54, 1.807) is 23.5 Å². The molecule has 0 aliphatic heterocycles. The first-order valence-corrected chi connectivity index (χ1v) is 10.3. The SMILES string of the molecule is COc1cc(-c2nc3ccccc3s2)cc(Br)c1OC(=O)c1ccc([N+](=O)[O-])cc1. The van der Waals surface area contributed by atoms with Crippen LogP contribution in [0.4, 0.5) is 5.69 Å². The summed E-state index contributed by atoms with van der Waals surface area (Å²) in [7, 11) is 1.48. The van der Waals surface area contributed by atoms with E-state index in [4.69, 9.17) is 9.47 Å². The summed E-state index contributed by atoms with van der Waals surface area (Å²) in [6.07, 6.45) is 0. The number of methoxy groups -OCH3 is 1. The number of esters is 1. The predicted molar refractivity (Wildman–Crippen MR) is 117 cm³/mol. The maximum absolute atomic E-state index is 12.5. The van der Waals surface area contributed by atoms with Gasteiger partial charge in [-0.2, -0.15) is 0 Å². The van der Waals surface area contributed by atoms with Crippen molar-refractivity contribution in [1.82, 2.24) is 4.98 Å². The number of carbonyl (C=O) groups is 1. The van der Waals surface area contributed by atoms with Crippen LogP contribution in [-0.2, 0) is 0 Å². The highest BCUT2D eigenvalue weighted by atomic mass is 79.9. The quantitative estimate of drug-likeness (QED) is 0.152. The molecule has 9 heteroatoms. The van der Waals surface area contributed by atoms with Crippen LogP contribution in [0.3, 0.4) is 0 Å². The molecule has 0 spiro atoms. The molecule has 7 nitrogen and oxygen atoms in total. The number of non-ortho nitro benzene ring substituents is 1. The molecule has 0 N–H and O–H groups in total. The molecule has 0 fully saturated rings. The molecule has 0 unspecified atom stereocenters. The smallest absolute Gasteiger partial charge is 0.343 e. The van der Waals surface area contributed by atoms with Gasteiger partial charge in [0.2, 0.25) is 0 Å². The minimum atomic E-state index is -0.656. The van der Waals surface area contributed by atoms with E-state index < -0.39 is 10.9 Å². The van der Waals surface area contributed by atoms with E-state index >= 15 is 0 Å². The topological polar surface area (TPSA) is 91.6 Å². The summed E-state index contributed by atoms with van der Waals surface area (Å²) in [6, 6.07) is 16.6. The molecule has 3 aromatic carbocycles. The molecule has 0 saturated heterocycles. The highest BCUT2D eigenvalue weighted by Gasteiger charge is 2.19. The lowest BCUT2D eigenvalue weighted by atomic mass is 10.2. The van der Waals surface area contributed by atoms with Gasteiger partial charge in [0.1, 0.15) is 5.01 Å². The van der Waals surface area contributed by atoms with Gasteiger partial charge < -0.3 is 9.47 Å². The third kappa shape index (κ3) is 3.89. The average Bonchev–Trinajstić information content (AvgIpc) is 3.19. The standard InChI is InChI=1S/C21H13BrN2O5S/c1-28-17-11-13(20-23-16-4-2-3-5-18(16)30-20)10-15(22)19(17)29-21(25)12-6-8-14(9-7-12)24(26)27/h2-11H,1H3. The Morgan fingerprint density at radius 3 is 2.53 bits per heavy atom. The molecule has 0 radical (unpaired) electrons. The van der Waals surface area contributed by atoms with Gasteiger partial charge in [0.25, 0.3) is 5.69 Å². The van der Waals surface area contributed by atoms with Gasteiger partial charge in [0.15, 0.2) is 11.5 Å². The van der Waals surface area contributed by atoms with Crippen molar-refractivity contribution in [3.8, 4) is 22.1 Å². The second-order valence-corrected chi connectivity index (χ2v) is 8.05. The Hall–Kier alpha value is -3.30. The fourth-order valence-corrected chi connectivity index (χ4v) is 4.28. The van der Waals surface area contributed by atoms with Crippen LogP contribution in [0.5, 0.6) is 11.5 Å². The van der Waals surface area contributed by atoms with Crippen LogP contribution in [0.25, 0.3) is 20.8 Å². The minimum absolute atomic E-state index is 0.106. The zero-order chi connectivity index (χ0) is 21.3. The van der Waals surface area contributed by atoms with Crippen LogP contribution >= 0.6 is 27.3 Å². The van der Waals surface area contributed by atoms with Crippen molar-refractivity contribution < 1.29 is 19.2 Å². The molecular weight excluding hydrogens is 472 g/mol. The van der Waals surface area contributed by atoms with Gasteiger partial charge in [-0.15, -0.1) is 11.3 Å². The number of nitrogens with zero attached hydrogens (tertiary/aromatic N) is 2. The number of hydrogen-bond acceptors (Lipinski definition) is 7. The van der Waals surface area contributed by atoms with Gasteiger partial charge in [0.05, 0.1) is 32.3 Å². The van der Waals surface area contributed by atoms with Crippen molar-refractivity contribution in [3.05, 3.63) is 80.8 Å². The van der Waals surface area contributed by atoms with E-state index in [1.165, 1.54) is 31.4 Å². The largest absolute Gasteiger partial charge is 0.493 e. The van der Waals surface area contributed by atoms with Crippen LogP contribution in [0.1, 0.15) is 10.4 Å². The fourth-order valence-electron chi connectivity index (χ4n) is 2.81.